The Morgan fingerprint density at radius 2 is 1.58 bits per heavy atom. The Kier molecular flexibility index (Phi) is 3.81. The SMILES string of the molecule is NS(=O)(=O)c1ccc(C2CC2c2ccc(N3CCCC3)nc2)cc1. The number of primary sulfonamides is 1. The summed E-state index contributed by atoms with van der Waals surface area (Å²) < 4.78 is 22.6. The molecule has 2 heterocycles. The molecule has 2 fully saturated rings. The molecule has 5 nitrogen and oxygen atoms in total. The lowest BCUT2D eigenvalue weighted by Gasteiger charge is -2.16. The lowest BCUT2D eigenvalue weighted by atomic mass is 10.1. The molecule has 2 aromatic rings. The average Bonchev–Trinajstić information content (AvgIpc) is 3.19. The Hall–Kier alpha value is -1.92. The van der Waals surface area contributed by atoms with Gasteiger partial charge in [0.15, 0.2) is 0 Å². The van der Waals surface area contributed by atoms with Crippen molar-refractivity contribution in [2.24, 2.45) is 5.14 Å². The molecule has 2 atom stereocenters. The Balaban J connectivity index is 1.46. The number of rotatable bonds is 4. The van der Waals surface area contributed by atoms with Gasteiger partial charge in [0.25, 0.3) is 0 Å². The van der Waals surface area contributed by atoms with Gasteiger partial charge in [-0.1, -0.05) is 18.2 Å². The van der Waals surface area contributed by atoms with E-state index in [1.54, 1.807) is 12.1 Å². The molecular formula is C18H21N3O2S. The van der Waals surface area contributed by atoms with Gasteiger partial charge in [-0.25, -0.2) is 18.5 Å². The van der Waals surface area contributed by atoms with E-state index >= 15 is 0 Å². The van der Waals surface area contributed by atoms with Crippen LogP contribution < -0.4 is 10.0 Å². The van der Waals surface area contributed by atoms with Crippen LogP contribution in [0, 0.1) is 0 Å². The van der Waals surface area contributed by atoms with E-state index in [-0.39, 0.29) is 4.90 Å². The number of anilines is 1. The Morgan fingerprint density at radius 3 is 2.17 bits per heavy atom. The molecule has 24 heavy (non-hydrogen) atoms. The first-order valence-corrected chi connectivity index (χ1v) is 9.91. The molecule has 0 spiro atoms. The molecule has 2 N–H and O–H groups in total. The number of sulfonamides is 1. The summed E-state index contributed by atoms with van der Waals surface area (Å²) in [6.45, 7) is 2.21. The van der Waals surface area contributed by atoms with E-state index in [0.717, 1.165) is 30.9 Å². The van der Waals surface area contributed by atoms with Crippen LogP contribution in [0.5, 0.6) is 0 Å². The molecule has 1 aromatic carbocycles. The van der Waals surface area contributed by atoms with E-state index in [0.29, 0.717) is 11.8 Å². The molecule has 2 unspecified atom stereocenters. The third-order valence-electron chi connectivity index (χ3n) is 5.06. The van der Waals surface area contributed by atoms with Crippen molar-refractivity contribution in [2.45, 2.75) is 36.0 Å². The van der Waals surface area contributed by atoms with E-state index in [1.165, 1.54) is 18.4 Å². The summed E-state index contributed by atoms with van der Waals surface area (Å²) in [7, 11) is -3.62. The summed E-state index contributed by atoms with van der Waals surface area (Å²) in [6, 6.07) is 11.2. The molecule has 1 aliphatic heterocycles. The summed E-state index contributed by atoms with van der Waals surface area (Å²) in [4.78, 5) is 7.13. The summed E-state index contributed by atoms with van der Waals surface area (Å²) in [5.74, 6) is 2.00. The van der Waals surface area contributed by atoms with Crippen molar-refractivity contribution in [3.8, 4) is 0 Å². The van der Waals surface area contributed by atoms with Crippen LogP contribution in [-0.2, 0) is 10.0 Å². The maximum atomic E-state index is 11.3. The molecule has 1 aliphatic carbocycles. The van der Waals surface area contributed by atoms with Crippen LogP contribution in [0.2, 0.25) is 0 Å². The first-order chi connectivity index (χ1) is 11.5. The summed E-state index contributed by atoms with van der Waals surface area (Å²) in [6.07, 6.45) is 5.59. The van der Waals surface area contributed by atoms with Crippen LogP contribution in [-0.4, -0.2) is 26.5 Å². The van der Waals surface area contributed by atoms with Gasteiger partial charge >= 0.3 is 0 Å². The smallest absolute Gasteiger partial charge is 0.238 e. The minimum atomic E-state index is -3.62. The fourth-order valence-electron chi connectivity index (χ4n) is 3.59. The molecule has 1 aromatic heterocycles. The van der Waals surface area contributed by atoms with Crippen LogP contribution in [0.25, 0.3) is 0 Å². The fraction of sp³-hybridized carbons (Fsp3) is 0.389. The molecule has 0 radical (unpaired) electrons. The van der Waals surface area contributed by atoms with Crippen LogP contribution in [0.4, 0.5) is 5.82 Å². The van der Waals surface area contributed by atoms with Gasteiger partial charge < -0.3 is 4.90 Å². The second-order valence-electron chi connectivity index (χ2n) is 6.71. The molecule has 0 amide bonds. The topological polar surface area (TPSA) is 76.3 Å². The predicted octanol–water partition coefficient (Wildman–Crippen LogP) is 2.60. The van der Waals surface area contributed by atoms with Crippen LogP contribution >= 0.6 is 0 Å². The zero-order valence-electron chi connectivity index (χ0n) is 13.4. The molecule has 126 valence electrons. The highest BCUT2D eigenvalue weighted by atomic mass is 32.2. The second kappa shape index (κ2) is 5.86. The zero-order valence-corrected chi connectivity index (χ0v) is 14.2. The van der Waals surface area contributed by atoms with Crippen molar-refractivity contribution in [1.29, 1.82) is 0 Å². The van der Waals surface area contributed by atoms with E-state index in [9.17, 15) is 8.42 Å². The van der Waals surface area contributed by atoms with E-state index in [2.05, 4.69) is 22.0 Å². The summed E-state index contributed by atoms with van der Waals surface area (Å²) >= 11 is 0. The predicted molar refractivity (Wildman–Crippen MR) is 93.6 cm³/mol. The second-order valence-corrected chi connectivity index (χ2v) is 8.27. The number of hydrogen-bond donors (Lipinski definition) is 1. The highest BCUT2D eigenvalue weighted by Gasteiger charge is 2.39. The van der Waals surface area contributed by atoms with Gasteiger partial charge in [-0.05, 0) is 60.4 Å². The number of benzene rings is 1. The average molecular weight is 343 g/mol. The molecule has 6 heteroatoms. The van der Waals surface area contributed by atoms with Crippen molar-refractivity contribution in [2.75, 3.05) is 18.0 Å². The Labute approximate surface area is 142 Å². The van der Waals surface area contributed by atoms with Gasteiger partial charge in [0.2, 0.25) is 10.0 Å². The molecule has 1 saturated carbocycles. The van der Waals surface area contributed by atoms with Gasteiger partial charge in [0.1, 0.15) is 5.82 Å². The third kappa shape index (κ3) is 3.03. The zero-order chi connectivity index (χ0) is 16.7. The Morgan fingerprint density at radius 1 is 0.958 bits per heavy atom. The standard InChI is InChI=1S/C18H21N3O2S/c19-24(22,23)15-6-3-13(4-7-15)16-11-17(16)14-5-8-18(20-12-14)21-9-1-2-10-21/h3-8,12,16-17H,1-2,9-11H2,(H2,19,22,23). The van der Waals surface area contributed by atoms with Gasteiger partial charge in [-0.3, -0.25) is 0 Å². The number of nitrogens with zero attached hydrogens (tertiary/aromatic N) is 2. The normalized spacial score (nSPS) is 23.5. The van der Waals surface area contributed by atoms with Crippen LogP contribution in [0.15, 0.2) is 47.5 Å². The van der Waals surface area contributed by atoms with Crippen LogP contribution in [0.1, 0.15) is 42.2 Å². The summed E-state index contributed by atoms with van der Waals surface area (Å²) in [5, 5.41) is 5.14. The molecule has 0 bridgehead atoms. The molecular weight excluding hydrogens is 322 g/mol. The van der Waals surface area contributed by atoms with E-state index in [1.807, 2.05) is 18.3 Å². The number of hydrogen-bond acceptors (Lipinski definition) is 4. The lowest BCUT2D eigenvalue weighted by molar-refractivity contribution is 0.598. The maximum absolute atomic E-state index is 11.3. The van der Waals surface area contributed by atoms with Gasteiger partial charge in [-0.15, -0.1) is 0 Å². The highest BCUT2D eigenvalue weighted by Crippen LogP contribution is 2.54. The quantitative estimate of drug-likeness (QED) is 0.926. The molecule has 2 aliphatic rings. The van der Waals surface area contributed by atoms with E-state index < -0.39 is 10.0 Å². The first-order valence-electron chi connectivity index (χ1n) is 8.36. The first kappa shape index (κ1) is 15.6. The van der Waals surface area contributed by atoms with E-state index in [4.69, 9.17) is 5.14 Å². The monoisotopic (exact) mass is 343 g/mol. The van der Waals surface area contributed by atoms with Gasteiger partial charge in [0, 0.05) is 19.3 Å². The minimum absolute atomic E-state index is 0.167. The highest BCUT2D eigenvalue weighted by molar-refractivity contribution is 7.89. The lowest BCUT2D eigenvalue weighted by Crippen LogP contribution is -2.18. The van der Waals surface area contributed by atoms with Crippen molar-refractivity contribution < 1.29 is 8.42 Å². The van der Waals surface area contributed by atoms with Crippen molar-refractivity contribution in [3.05, 3.63) is 53.7 Å². The van der Waals surface area contributed by atoms with Crippen molar-refractivity contribution >= 4 is 15.8 Å². The van der Waals surface area contributed by atoms with Crippen molar-refractivity contribution in [1.82, 2.24) is 4.98 Å². The molecule has 1 saturated heterocycles. The minimum Gasteiger partial charge on any atom is -0.357 e. The number of pyridine rings is 1. The van der Waals surface area contributed by atoms with Gasteiger partial charge in [0.05, 0.1) is 4.90 Å². The fourth-order valence-corrected chi connectivity index (χ4v) is 4.10. The van der Waals surface area contributed by atoms with Crippen LogP contribution in [0.3, 0.4) is 0 Å². The largest absolute Gasteiger partial charge is 0.357 e. The molecule has 4 rings (SSSR count). The number of nitrogens with two attached hydrogens (primary N) is 1. The number of aromatic nitrogens is 1. The maximum Gasteiger partial charge on any atom is 0.238 e. The Bertz CT molecular complexity index is 826. The third-order valence-corrected chi connectivity index (χ3v) is 5.99. The summed E-state index contributed by atoms with van der Waals surface area (Å²) in [5.41, 5.74) is 2.43. The van der Waals surface area contributed by atoms with Crippen molar-refractivity contribution in [3.63, 3.8) is 0 Å². The van der Waals surface area contributed by atoms with Gasteiger partial charge in [-0.2, -0.15) is 0 Å².